The first-order valence-corrected chi connectivity index (χ1v) is 14.2. The zero-order chi connectivity index (χ0) is 29.1. The second kappa shape index (κ2) is 12.1. The molecule has 0 bridgehead atoms. The van der Waals surface area contributed by atoms with Crippen molar-refractivity contribution in [2.45, 2.75) is 98.7 Å². The maximum atomic E-state index is 11.4. The summed E-state index contributed by atoms with van der Waals surface area (Å²) in [6, 6.07) is 19.0. The Bertz CT molecular complexity index is 1310. The molecule has 0 aromatic heterocycles. The van der Waals surface area contributed by atoms with Crippen LogP contribution < -0.4 is 0 Å². The van der Waals surface area contributed by atoms with E-state index < -0.39 is 12.1 Å². The first kappa shape index (κ1) is 30.6. The second-order valence-electron chi connectivity index (χ2n) is 12.3. The maximum Gasteiger partial charge on any atom is 0.337 e. The van der Waals surface area contributed by atoms with Gasteiger partial charge in [-0.1, -0.05) is 88.7 Å². The Labute approximate surface area is 234 Å². The lowest BCUT2D eigenvalue weighted by molar-refractivity contribution is -0.146. The highest BCUT2D eigenvalue weighted by Gasteiger charge is 2.32. The summed E-state index contributed by atoms with van der Waals surface area (Å²) in [4.78, 5) is 11.4. The van der Waals surface area contributed by atoms with Gasteiger partial charge in [0.25, 0.3) is 0 Å². The van der Waals surface area contributed by atoms with E-state index in [4.69, 9.17) is 0 Å². The highest BCUT2D eigenvalue weighted by atomic mass is 16.4. The molecule has 3 aromatic rings. The Kier molecular flexibility index (Phi) is 9.46. The van der Waals surface area contributed by atoms with Gasteiger partial charge in [0.1, 0.15) is 0 Å². The van der Waals surface area contributed by atoms with E-state index in [2.05, 4.69) is 84.9 Å². The van der Waals surface area contributed by atoms with E-state index >= 15 is 0 Å². The number of aliphatic carboxylic acids is 1. The van der Waals surface area contributed by atoms with Crippen molar-refractivity contribution in [3.63, 3.8) is 0 Å². The molecule has 0 aliphatic carbocycles. The van der Waals surface area contributed by atoms with Gasteiger partial charge in [0.15, 0.2) is 6.10 Å². The monoisotopic (exact) mass is 530 g/mol. The van der Waals surface area contributed by atoms with Crippen LogP contribution in [0.2, 0.25) is 0 Å². The minimum atomic E-state index is -1.54. The van der Waals surface area contributed by atoms with Gasteiger partial charge in [-0.2, -0.15) is 0 Å². The standard InChI is InChI=1S/C35H46O4/c1-9-35(10-2,28-13-11-25(23(4)19-28)12-16-31(36)34(6,7)8)29-14-15-30(24(5)20-29)26-17-22(3)18-27(21-26)32(37)33(38)39/h11,13-15,17-21,31-32,36-37H,9-10,12,16H2,1-8H3,(H,38,39)/t31?,32-/m1/s1. The lowest BCUT2D eigenvalue weighted by Gasteiger charge is -2.34. The normalized spacial score (nSPS) is 13.8. The van der Waals surface area contributed by atoms with Crippen molar-refractivity contribution in [1.82, 2.24) is 0 Å². The molecular weight excluding hydrogens is 484 g/mol. The lowest BCUT2D eigenvalue weighted by Crippen LogP contribution is -2.27. The van der Waals surface area contributed by atoms with Crippen LogP contribution in [0.25, 0.3) is 11.1 Å². The second-order valence-corrected chi connectivity index (χ2v) is 12.3. The zero-order valence-corrected chi connectivity index (χ0v) is 24.9. The van der Waals surface area contributed by atoms with Crippen molar-refractivity contribution in [3.05, 3.63) is 93.5 Å². The maximum absolute atomic E-state index is 11.4. The molecule has 0 fully saturated rings. The number of carboxylic acids is 1. The number of hydrogen-bond acceptors (Lipinski definition) is 3. The molecule has 0 heterocycles. The Morgan fingerprint density at radius 3 is 1.92 bits per heavy atom. The van der Waals surface area contributed by atoms with Crippen LogP contribution in [0.3, 0.4) is 0 Å². The van der Waals surface area contributed by atoms with Crippen molar-refractivity contribution in [2.24, 2.45) is 5.41 Å². The van der Waals surface area contributed by atoms with Crippen molar-refractivity contribution in [2.75, 3.05) is 0 Å². The SMILES string of the molecule is CCC(CC)(c1ccc(CCC(O)C(C)(C)C)c(C)c1)c1ccc(-c2cc(C)cc([C@@H](O)C(=O)O)c2)c(C)c1. The van der Waals surface area contributed by atoms with Crippen LogP contribution in [0.1, 0.15) is 98.9 Å². The molecule has 210 valence electrons. The zero-order valence-electron chi connectivity index (χ0n) is 24.9. The van der Waals surface area contributed by atoms with Crippen LogP contribution in [0, 0.1) is 26.2 Å². The summed E-state index contributed by atoms with van der Waals surface area (Å²) in [7, 11) is 0. The van der Waals surface area contributed by atoms with Crippen molar-refractivity contribution in [3.8, 4) is 11.1 Å². The largest absolute Gasteiger partial charge is 0.479 e. The number of aliphatic hydroxyl groups excluding tert-OH is 2. The Morgan fingerprint density at radius 1 is 0.821 bits per heavy atom. The highest BCUT2D eigenvalue weighted by Crippen LogP contribution is 2.41. The first-order valence-electron chi connectivity index (χ1n) is 14.2. The summed E-state index contributed by atoms with van der Waals surface area (Å²) in [5.41, 5.74) is 9.23. The van der Waals surface area contributed by atoms with Gasteiger partial charge in [-0.05, 0) is 102 Å². The van der Waals surface area contributed by atoms with Gasteiger partial charge < -0.3 is 15.3 Å². The first-order chi connectivity index (χ1) is 18.2. The number of aliphatic hydroxyl groups is 2. The van der Waals surface area contributed by atoms with Gasteiger partial charge in [-0.25, -0.2) is 4.79 Å². The van der Waals surface area contributed by atoms with E-state index in [1.54, 1.807) is 12.1 Å². The number of aryl methyl sites for hydroxylation is 4. The van der Waals surface area contributed by atoms with E-state index in [1.807, 2.05) is 13.0 Å². The van der Waals surface area contributed by atoms with E-state index in [9.17, 15) is 20.1 Å². The predicted molar refractivity (Wildman–Crippen MR) is 160 cm³/mol. The molecule has 4 heteroatoms. The molecule has 0 aliphatic rings. The van der Waals surface area contributed by atoms with Gasteiger partial charge in [0.2, 0.25) is 0 Å². The Morgan fingerprint density at radius 2 is 1.41 bits per heavy atom. The lowest BCUT2D eigenvalue weighted by atomic mass is 9.69. The number of carboxylic acid groups (broad SMARTS) is 1. The summed E-state index contributed by atoms with van der Waals surface area (Å²) >= 11 is 0. The number of hydrogen-bond donors (Lipinski definition) is 3. The van der Waals surface area contributed by atoms with Crippen molar-refractivity contribution >= 4 is 5.97 Å². The van der Waals surface area contributed by atoms with Crippen LogP contribution in [-0.2, 0) is 16.6 Å². The summed E-state index contributed by atoms with van der Waals surface area (Å²) in [6.45, 7) is 16.9. The Hall–Kier alpha value is -2.95. The molecule has 4 nitrogen and oxygen atoms in total. The summed E-state index contributed by atoms with van der Waals surface area (Å²) in [6.07, 6.45) is 1.66. The third-order valence-corrected chi connectivity index (χ3v) is 8.53. The van der Waals surface area contributed by atoms with E-state index in [0.717, 1.165) is 47.9 Å². The van der Waals surface area contributed by atoms with E-state index in [0.29, 0.717) is 5.56 Å². The fourth-order valence-electron chi connectivity index (χ4n) is 5.79. The molecule has 3 aromatic carbocycles. The number of benzene rings is 3. The van der Waals surface area contributed by atoms with Crippen LogP contribution in [-0.4, -0.2) is 27.4 Å². The molecule has 0 aliphatic heterocycles. The minimum absolute atomic E-state index is 0.118. The third-order valence-electron chi connectivity index (χ3n) is 8.53. The topological polar surface area (TPSA) is 77.8 Å². The average molecular weight is 531 g/mol. The van der Waals surface area contributed by atoms with Gasteiger partial charge >= 0.3 is 5.97 Å². The third kappa shape index (κ3) is 6.62. The molecular formula is C35H46O4. The van der Waals surface area contributed by atoms with Gasteiger partial charge in [-0.15, -0.1) is 0 Å². The summed E-state index contributed by atoms with van der Waals surface area (Å²) < 4.78 is 0. The molecule has 0 saturated carbocycles. The number of rotatable bonds is 10. The molecule has 3 N–H and O–H groups in total. The molecule has 0 spiro atoms. The fourth-order valence-corrected chi connectivity index (χ4v) is 5.79. The average Bonchev–Trinajstić information content (AvgIpc) is 2.87. The van der Waals surface area contributed by atoms with Crippen LogP contribution >= 0.6 is 0 Å². The molecule has 39 heavy (non-hydrogen) atoms. The molecule has 3 rings (SSSR count). The highest BCUT2D eigenvalue weighted by molar-refractivity contribution is 5.76. The Balaban J connectivity index is 1.98. The minimum Gasteiger partial charge on any atom is -0.479 e. The number of carbonyl (C=O) groups is 1. The smallest absolute Gasteiger partial charge is 0.337 e. The molecule has 2 atom stereocenters. The van der Waals surface area contributed by atoms with Crippen LogP contribution in [0.4, 0.5) is 0 Å². The van der Waals surface area contributed by atoms with Crippen LogP contribution in [0.5, 0.6) is 0 Å². The van der Waals surface area contributed by atoms with Gasteiger partial charge in [0.05, 0.1) is 6.10 Å². The molecule has 0 radical (unpaired) electrons. The molecule has 1 unspecified atom stereocenters. The van der Waals surface area contributed by atoms with E-state index in [1.165, 1.54) is 22.3 Å². The molecule has 0 saturated heterocycles. The van der Waals surface area contributed by atoms with Crippen LogP contribution in [0.15, 0.2) is 54.6 Å². The van der Waals surface area contributed by atoms with Gasteiger partial charge in [-0.3, -0.25) is 0 Å². The van der Waals surface area contributed by atoms with Gasteiger partial charge in [0, 0.05) is 5.41 Å². The summed E-state index contributed by atoms with van der Waals surface area (Å²) in [5.74, 6) is -1.25. The summed E-state index contributed by atoms with van der Waals surface area (Å²) in [5, 5.41) is 29.9. The van der Waals surface area contributed by atoms with Crippen molar-refractivity contribution in [1.29, 1.82) is 0 Å². The fraction of sp³-hybridized carbons (Fsp3) is 0.457. The molecule has 0 amide bonds. The van der Waals surface area contributed by atoms with E-state index in [-0.39, 0.29) is 16.9 Å². The predicted octanol–water partition coefficient (Wildman–Crippen LogP) is 7.84. The van der Waals surface area contributed by atoms with Crippen molar-refractivity contribution < 1.29 is 20.1 Å². The quantitative estimate of drug-likeness (QED) is 0.249.